The van der Waals surface area contributed by atoms with Crippen LogP contribution in [0.4, 0.5) is 10.1 Å². The van der Waals surface area contributed by atoms with Crippen LogP contribution in [0.1, 0.15) is 0 Å². The number of pyridine rings is 2. The van der Waals surface area contributed by atoms with E-state index in [4.69, 9.17) is 10.7 Å². The van der Waals surface area contributed by atoms with Crippen LogP contribution < -0.4 is 5.73 Å². The summed E-state index contributed by atoms with van der Waals surface area (Å²) in [6, 6.07) is 16.0. The first-order valence-electron chi connectivity index (χ1n) is 6.54. The Labute approximate surface area is 121 Å². The first-order chi connectivity index (χ1) is 10.3. The maximum absolute atomic E-state index is 9.50. The number of nitrogens with zero attached hydrogens (tertiary/aromatic N) is 2. The van der Waals surface area contributed by atoms with Crippen molar-refractivity contribution in [2.75, 3.05) is 12.9 Å². The molecule has 4 rings (SSSR count). The minimum absolute atomic E-state index is 0.500. The third-order valence-corrected chi connectivity index (χ3v) is 3.46. The van der Waals surface area contributed by atoms with Crippen molar-refractivity contribution in [3.05, 3.63) is 54.7 Å². The molecule has 104 valence electrons. The van der Waals surface area contributed by atoms with Gasteiger partial charge in [-0.05, 0) is 18.2 Å². The van der Waals surface area contributed by atoms with Crippen molar-refractivity contribution in [2.24, 2.45) is 0 Å². The molecule has 0 aliphatic carbocycles. The Bertz CT molecular complexity index is 935. The molecular weight excluding hydrogens is 265 g/mol. The standard InChI is InChI=1S/C16H11N3.CH3F/c17-14-11-5-1-2-6-13(11)19-16-12(14)8-7-10-4-3-9-18-15(10)16;1-2/h1-9H,(H2,17,19);1H3. The van der Waals surface area contributed by atoms with E-state index < -0.39 is 0 Å². The Morgan fingerprint density at radius 1 is 0.857 bits per heavy atom. The molecular formula is C17H14FN3. The number of fused-ring (bicyclic) bond motifs is 4. The number of anilines is 1. The lowest BCUT2D eigenvalue weighted by Gasteiger charge is -2.08. The van der Waals surface area contributed by atoms with Crippen molar-refractivity contribution in [3.8, 4) is 0 Å². The molecule has 2 aromatic carbocycles. The summed E-state index contributed by atoms with van der Waals surface area (Å²) in [4.78, 5) is 9.16. The molecule has 3 nitrogen and oxygen atoms in total. The quantitative estimate of drug-likeness (QED) is 0.389. The highest BCUT2D eigenvalue weighted by Gasteiger charge is 2.09. The summed E-state index contributed by atoms with van der Waals surface area (Å²) >= 11 is 0. The minimum atomic E-state index is 0.500. The number of nitrogen functional groups attached to an aromatic ring is 1. The van der Waals surface area contributed by atoms with E-state index in [0.29, 0.717) is 7.18 Å². The molecule has 2 aromatic heterocycles. The number of hydrogen-bond acceptors (Lipinski definition) is 3. The second kappa shape index (κ2) is 5.32. The third-order valence-electron chi connectivity index (χ3n) is 3.46. The molecule has 2 heterocycles. The lowest BCUT2D eigenvalue weighted by Crippen LogP contribution is -1.93. The molecule has 0 fully saturated rings. The van der Waals surface area contributed by atoms with Gasteiger partial charge in [0.15, 0.2) is 0 Å². The van der Waals surface area contributed by atoms with Crippen LogP contribution in [0.15, 0.2) is 54.7 Å². The van der Waals surface area contributed by atoms with Crippen LogP contribution in [0.2, 0.25) is 0 Å². The number of benzene rings is 2. The summed E-state index contributed by atoms with van der Waals surface area (Å²) in [5, 5.41) is 3.03. The van der Waals surface area contributed by atoms with Crippen LogP contribution in [-0.2, 0) is 0 Å². The average molecular weight is 279 g/mol. The summed E-state index contributed by atoms with van der Waals surface area (Å²) in [6.07, 6.45) is 1.79. The van der Waals surface area contributed by atoms with E-state index in [0.717, 1.165) is 38.4 Å². The van der Waals surface area contributed by atoms with Crippen LogP contribution in [-0.4, -0.2) is 17.1 Å². The molecule has 0 aliphatic rings. The van der Waals surface area contributed by atoms with Gasteiger partial charge >= 0.3 is 0 Å². The molecule has 4 aromatic rings. The molecule has 0 spiro atoms. The highest BCUT2D eigenvalue weighted by molar-refractivity contribution is 6.13. The molecule has 0 unspecified atom stereocenters. The number of halogens is 1. The molecule has 0 radical (unpaired) electrons. The smallest absolute Gasteiger partial charge is 0.0993 e. The first-order valence-corrected chi connectivity index (χ1v) is 6.54. The molecule has 4 heteroatoms. The SMILES string of the molecule is CF.Nc1c2ccccc2nc2c1ccc1cccnc12. The Balaban J connectivity index is 0.000000636. The Kier molecular flexibility index (Phi) is 3.36. The number of nitrogens with two attached hydrogens (primary N) is 1. The van der Waals surface area contributed by atoms with Gasteiger partial charge in [-0.25, -0.2) is 4.98 Å². The second-order valence-corrected chi connectivity index (χ2v) is 4.58. The first kappa shape index (κ1) is 13.2. The summed E-state index contributed by atoms with van der Waals surface area (Å²) < 4.78 is 9.50. The molecule has 0 aliphatic heterocycles. The molecule has 0 bridgehead atoms. The zero-order valence-electron chi connectivity index (χ0n) is 11.5. The summed E-state index contributed by atoms with van der Waals surface area (Å²) in [5.41, 5.74) is 9.73. The second-order valence-electron chi connectivity index (χ2n) is 4.58. The molecule has 2 N–H and O–H groups in total. The van der Waals surface area contributed by atoms with Gasteiger partial charge in [0.2, 0.25) is 0 Å². The average Bonchev–Trinajstić information content (AvgIpc) is 2.57. The van der Waals surface area contributed by atoms with Gasteiger partial charge in [-0.1, -0.05) is 30.3 Å². The number of aromatic nitrogens is 2. The van der Waals surface area contributed by atoms with E-state index in [1.165, 1.54) is 0 Å². The monoisotopic (exact) mass is 279 g/mol. The fraction of sp³-hybridized carbons (Fsp3) is 0.0588. The fourth-order valence-electron chi connectivity index (χ4n) is 2.52. The van der Waals surface area contributed by atoms with Crippen molar-refractivity contribution in [1.82, 2.24) is 9.97 Å². The van der Waals surface area contributed by atoms with Crippen LogP contribution in [0.25, 0.3) is 32.7 Å². The normalized spacial score (nSPS) is 10.6. The number of hydrogen-bond donors (Lipinski definition) is 1. The van der Waals surface area contributed by atoms with Gasteiger partial charge in [0.05, 0.1) is 29.4 Å². The fourth-order valence-corrected chi connectivity index (χ4v) is 2.52. The summed E-state index contributed by atoms with van der Waals surface area (Å²) in [5.74, 6) is 0. The van der Waals surface area contributed by atoms with Crippen molar-refractivity contribution in [3.63, 3.8) is 0 Å². The predicted molar refractivity (Wildman–Crippen MR) is 86.0 cm³/mol. The Morgan fingerprint density at radius 2 is 1.67 bits per heavy atom. The van der Waals surface area contributed by atoms with Crippen molar-refractivity contribution in [1.29, 1.82) is 0 Å². The molecule has 0 saturated heterocycles. The number of rotatable bonds is 0. The highest BCUT2D eigenvalue weighted by atomic mass is 19.1. The van der Waals surface area contributed by atoms with Gasteiger partial charge in [-0.3, -0.25) is 9.37 Å². The number of alkyl halides is 1. The van der Waals surface area contributed by atoms with Gasteiger partial charge in [0.25, 0.3) is 0 Å². The van der Waals surface area contributed by atoms with Crippen molar-refractivity contribution < 1.29 is 4.39 Å². The maximum atomic E-state index is 9.50. The van der Waals surface area contributed by atoms with E-state index in [-0.39, 0.29) is 0 Å². The van der Waals surface area contributed by atoms with Crippen LogP contribution in [0.3, 0.4) is 0 Å². The lowest BCUT2D eigenvalue weighted by molar-refractivity contribution is 0.636. The summed E-state index contributed by atoms with van der Waals surface area (Å²) in [7, 11) is 0.500. The largest absolute Gasteiger partial charge is 0.398 e. The predicted octanol–water partition coefficient (Wildman–Crippen LogP) is 4.10. The van der Waals surface area contributed by atoms with Crippen LogP contribution in [0.5, 0.6) is 0 Å². The zero-order valence-corrected chi connectivity index (χ0v) is 11.5. The topological polar surface area (TPSA) is 51.8 Å². The molecule has 21 heavy (non-hydrogen) atoms. The van der Waals surface area contributed by atoms with Crippen LogP contribution >= 0.6 is 0 Å². The highest BCUT2D eigenvalue weighted by Crippen LogP contribution is 2.31. The van der Waals surface area contributed by atoms with Gasteiger partial charge in [-0.15, -0.1) is 0 Å². The maximum Gasteiger partial charge on any atom is 0.0993 e. The Hall–Kier alpha value is -2.75. The molecule has 0 atom stereocenters. The van der Waals surface area contributed by atoms with Gasteiger partial charge in [-0.2, -0.15) is 0 Å². The molecule has 0 saturated carbocycles. The van der Waals surface area contributed by atoms with Gasteiger partial charge in [0.1, 0.15) is 0 Å². The summed E-state index contributed by atoms with van der Waals surface area (Å²) in [6.45, 7) is 0. The van der Waals surface area contributed by atoms with Gasteiger partial charge in [0, 0.05) is 22.4 Å². The van der Waals surface area contributed by atoms with E-state index in [1.807, 2.05) is 48.5 Å². The van der Waals surface area contributed by atoms with E-state index in [1.54, 1.807) is 6.20 Å². The van der Waals surface area contributed by atoms with E-state index >= 15 is 0 Å². The minimum Gasteiger partial charge on any atom is -0.398 e. The van der Waals surface area contributed by atoms with E-state index in [2.05, 4.69) is 4.98 Å². The van der Waals surface area contributed by atoms with E-state index in [9.17, 15) is 4.39 Å². The lowest BCUT2D eigenvalue weighted by atomic mass is 10.1. The number of para-hydroxylation sites is 1. The van der Waals surface area contributed by atoms with Crippen LogP contribution in [0, 0.1) is 0 Å². The third kappa shape index (κ3) is 2.05. The molecule has 0 amide bonds. The zero-order chi connectivity index (χ0) is 14.8. The van der Waals surface area contributed by atoms with Crippen molar-refractivity contribution >= 4 is 38.4 Å². The van der Waals surface area contributed by atoms with Gasteiger partial charge < -0.3 is 5.73 Å². The van der Waals surface area contributed by atoms with Crippen molar-refractivity contribution in [2.45, 2.75) is 0 Å². The Morgan fingerprint density at radius 3 is 2.52 bits per heavy atom.